The van der Waals surface area contributed by atoms with Crippen molar-refractivity contribution in [3.63, 3.8) is 0 Å². The lowest BCUT2D eigenvalue weighted by molar-refractivity contribution is -0.137. The van der Waals surface area contributed by atoms with Gasteiger partial charge in [-0.2, -0.15) is 0 Å². The molecule has 1 aliphatic rings. The summed E-state index contributed by atoms with van der Waals surface area (Å²) in [5, 5.41) is 2.89. The molecule has 1 N–H and O–H groups in total. The van der Waals surface area contributed by atoms with Crippen molar-refractivity contribution in [3.05, 3.63) is 29.8 Å². The van der Waals surface area contributed by atoms with Crippen molar-refractivity contribution < 1.29 is 14.0 Å². The van der Waals surface area contributed by atoms with Crippen LogP contribution in [-0.2, 0) is 23.1 Å². The maximum Gasteiger partial charge on any atom is 0.242 e. The second kappa shape index (κ2) is 7.21. The smallest absolute Gasteiger partial charge is 0.242 e. The summed E-state index contributed by atoms with van der Waals surface area (Å²) in [6, 6.07) is 4.45. The average Bonchev–Trinajstić information content (AvgIpc) is 3.14. The third kappa shape index (κ3) is 3.36. The number of para-hydroxylation sites is 1. The molecule has 1 aliphatic heterocycles. The van der Waals surface area contributed by atoms with Crippen molar-refractivity contribution in [2.24, 2.45) is 7.05 Å². The first-order chi connectivity index (χ1) is 12.0. The molecule has 134 valence electrons. The minimum absolute atomic E-state index is 0.0489. The molecule has 0 spiro atoms. The molecule has 3 rings (SSSR count). The molecular weight excluding hydrogens is 323 g/mol. The second-order valence-corrected chi connectivity index (χ2v) is 6.35. The Labute approximate surface area is 146 Å². The zero-order chi connectivity index (χ0) is 18.0. The van der Waals surface area contributed by atoms with E-state index in [-0.39, 0.29) is 17.6 Å². The average molecular weight is 346 g/mol. The number of benzene rings is 1. The normalized spacial score (nSPS) is 15.8. The van der Waals surface area contributed by atoms with E-state index in [1.165, 1.54) is 6.07 Å². The van der Waals surface area contributed by atoms with Gasteiger partial charge in [0, 0.05) is 33.0 Å². The van der Waals surface area contributed by atoms with Crippen LogP contribution in [0.15, 0.2) is 18.2 Å². The van der Waals surface area contributed by atoms with Gasteiger partial charge in [-0.15, -0.1) is 0 Å². The molecule has 2 heterocycles. The van der Waals surface area contributed by atoms with Crippen LogP contribution in [-0.4, -0.2) is 45.4 Å². The Kier molecular flexibility index (Phi) is 5.01. The molecule has 1 saturated heterocycles. The third-order valence-electron chi connectivity index (χ3n) is 4.78. The fourth-order valence-corrected chi connectivity index (χ4v) is 3.41. The highest BCUT2D eigenvalue weighted by Gasteiger charge is 2.31. The number of hydrogen-bond acceptors (Lipinski definition) is 3. The van der Waals surface area contributed by atoms with E-state index in [1.54, 1.807) is 11.0 Å². The highest BCUT2D eigenvalue weighted by molar-refractivity contribution is 5.88. The number of aryl methyl sites for hydroxylation is 1. The lowest BCUT2D eigenvalue weighted by Gasteiger charge is -2.25. The Morgan fingerprint density at radius 3 is 2.88 bits per heavy atom. The van der Waals surface area contributed by atoms with E-state index in [2.05, 4.69) is 10.3 Å². The Morgan fingerprint density at radius 2 is 2.24 bits per heavy atom. The number of carbonyl (C=O) groups is 2. The van der Waals surface area contributed by atoms with E-state index < -0.39 is 6.04 Å². The van der Waals surface area contributed by atoms with Crippen LogP contribution in [0.5, 0.6) is 0 Å². The van der Waals surface area contributed by atoms with Crippen molar-refractivity contribution in [1.29, 1.82) is 0 Å². The van der Waals surface area contributed by atoms with Crippen LogP contribution in [0, 0.1) is 5.82 Å². The Bertz CT molecular complexity index is 802. The van der Waals surface area contributed by atoms with Crippen molar-refractivity contribution in [3.8, 4) is 0 Å². The van der Waals surface area contributed by atoms with Gasteiger partial charge in [-0.1, -0.05) is 13.0 Å². The van der Waals surface area contributed by atoms with E-state index >= 15 is 0 Å². The summed E-state index contributed by atoms with van der Waals surface area (Å²) in [6.07, 6.45) is 2.43. The van der Waals surface area contributed by atoms with E-state index in [0.717, 1.165) is 11.9 Å². The molecule has 0 aliphatic carbocycles. The predicted octanol–water partition coefficient (Wildman–Crippen LogP) is 1.77. The number of halogens is 1. The van der Waals surface area contributed by atoms with Crippen LogP contribution in [0.2, 0.25) is 0 Å². The summed E-state index contributed by atoms with van der Waals surface area (Å²) in [5.74, 6) is 0.281. The monoisotopic (exact) mass is 346 g/mol. The number of rotatable bonds is 6. The lowest BCUT2D eigenvalue weighted by Crippen LogP contribution is -2.47. The quantitative estimate of drug-likeness (QED) is 0.867. The molecule has 1 aromatic heterocycles. The van der Waals surface area contributed by atoms with Gasteiger partial charge in [0.15, 0.2) is 5.82 Å². The van der Waals surface area contributed by atoms with E-state index in [1.807, 2.05) is 24.6 Å². The summed E-state index contributed by atoms with van der Waals surface area (Å²) in [4.78, 5) is 30.3. The molecule has 2 amide bonds. The summed E-state index contributed by atoms with van der Waals surface area (Å²) in [7, 11) is 1.84. The standard InChI is InChI=1S/C18H23FN4O2/c1-3-13(23-11-5-8-16(23)24)18(25)20-10-9-15-21-17-12(19)6-4-7-14(17)22(15)2/h4,6-7,13H,3,5,8-11H2,1-2H3,(H,20,25)/t13-/m0/s1. The number of amides is 2. The number of likely N-dealkylation sites (tertiary alicyclic amines) is 1. The number of carbonyl (C=O) groups excluding carboxylic acids is 2. The topological polar surface area (TPSA) is 67.2 Å². The van der Waals surface area contributed by atoms with Crippen molar-refractivity contribution >= 4 is 22.8 Å². The first-order valence-corrected chi connectivity index (χ1v) is 8.70. The first kappa shape index (κ1) is 17.4. The second-order valence-electron chi connectivity index (χ2n) is 6.35. The van der Waals surface area contributed by atoms with Crippen LogP contribution in [0.1, 0.15) is 32.0 Å². The predicted molar refractivity (Wildman–Crippen MR) is 92.4 cm³/mol. The summed E-state index contributed by atoms with van der Waals surface area (Å²) in [5.41, 5.74) is 1.08. The van der Waals surface area contributed by atoms with Gasteiger partial charge in [-0.25, -0.2) is 9.37 Å². The highest BCUT2D eigenvalue weighted by Crippen LogP contribution is 2.18. The molecule has 6 nitrogen and oxygen atoms in total. The van der Waals surface area contributed by atoms with Gasteiger partial charge in [0.25, 0.3) is 0 Å². The van der Waals surface area contributed by atoms with Crippen LogP contribution in [0.4, 0.5) is 4.39 Å². The first-order valence-electron chi connectivity index (χ1n) is 8.70. The molecule has 0 radical (unpaired) electrons. The summed E-state index contributed by atoms with van der Waals surface area (Å²) < 4.78 is 15.6. The largest absolute Gasteiger partial charge is 0.354 e. The molecule has 1 aromatic carbocycles. The molecule has 25 heavy (non-hydrogen) atoms. The van der Waals surface area contributed by atoms with Gasteiger partial charge in [-0.05, 0) is 25.0 Å². The number of imidazole rings is 1. The number of aromatic nitrogens is 2. The molecular formula is C18H23FN4O2. The Balaban J connectivity index is 1.62. The molecule has 0 bridgehead atoms. The van der Waals surface area contributed by atoms with Gasteiger partial charge in [-0.3, -0.25) is 9.59 Å². The highest BCUT2D eigenvalue weighted by atomic mass is 19.1. The fraction of sp³-hybridized carbons (Fsp3) is 0.500. The molecule has 1 fully saturated rings. The van der Waals surface area contributed by atoms with E-state index in [0.29, 0.717) is 43.7 Å². The van der Waals surface area contributed by atoms with Crippen LogP contribution < -0.4 is 5.32 Å². The molecule has 0 unspecified atom stereocenters. The van der Waals surface area contributed by atoms with E-state index in [4.69, 9.17) is 0 Å². The zero-order valence-corrected chi connectivity index (χ0v) is 14.6. The third-order valence-corrected chi connectivity index (χ3v) is 4.78. The molecule has 0 saturated carbocycles. The lowest BCUT2D eigenvalue weighted by atomic mass is 10.2. The molecule has 1 atom stereocenters. The maximum absolute atomic E-state index is 13.8. The number of nitrogens with zero attached hydrogens (tertiary/aromatic N) is 3. The van der Waals surface area contributed by atoms with Gasteiger partial charge in [0.05, 0.1) is 5.52 Å². The number of hydrogen-bond donors (Lipinski definition) is 1. The Hall–Kier alpha value is -2.44. The summed E-state index contributed by atoms with van der Waals surface area (Å²) in [6.45, 7) is 2.95. The van der Waals surface area contributed by atoms with Crippen LogP contribution in [0.3, 0.4) is 0 Å². The van der Waals surface area contributed by atoms with Crippen LogP contribution in [0.25, 0.3) is 11.0 Å². The van der Waals surface area contributed by atoms with Gasteiger partial charge >= 0.3 is 0 Å². The van der Waals surface area contributed by atoms with Gasteiger partial charge in [0.2, 0.25) is 11.8 Å². The van der Waals surface area contributed by atoms with Crippen LogP contribution >= 0.6 is 0 Å². The van der Waals surface area contributed by atoms with Gasteiger partial charge in [0.1, 0.15) is 17.4 Å². The van der Waals surface area contributed by atoms with Crippen molar-refractivity contribution in [1.82, 2.24) is 19.8 Å². The number of fused-ring (bicyclic) bond motifs is 1. The number of nitrogens with one attached hydrogen (secondary N) is 1. The zero-order valence-electron chi connectivity index (χ0n) is 14.6. The molecule has 7 heteroatoms. The van der Waals surface area contributed by atoms with Gasteiger partial charge < -0.3 is 14.8 Å². The fourth-order valence-electron chi connectivity index (χ4n) is 3.41. The van der Waals surface area contributed by atoms with Crippen molar-refractivity contribution in [2.45, 2.75) is 38.6 Å². The van der Waals surface area contributed by atoms with E-state index in [9.17, 15) is 14.0 Å². The Morgan fingerprint density at radius 1 is 1.44 bits per heavy atom. The SMILES string of the molecule is CC[C@@H](C(=O)NCCc1nc2c(F)cccc2n1C)N1CCCC1=O. The maximum atomic E-state index is 13.8. The summed E-state index contributed by atoms with van der Waals surface area (Å²) >= 11 is 0. The minimum atomic E-state index is -0.409. The van der Waals surface area contributed by atoms with Crippen molar-refractivity contribution in [2.75, 3.05) is 13.1 Å². The molecule has 2 aromatic rings. The minimum Gasteiger partial charge on any atom is -0.354 e.